The summed E-state index contributed by atoms with van der Waals surface area (Å²) in [6, 6.07) is 2.40. The van der Waals surface area contributed by atoms with Gasteiger partial charge in [-0.1, -0.05) is 13.0 Å². The number of hydrogen-bond acceptors (Lipinski definition) is 1. The molecule has 2 aliphatic rings. The predicted octanol–water partition coefficient (Wildman–Crippen LogP) is 5.92. The van der Waals surface area contributed by atoms with Crippen molar-refractivity contribution in [3.05, 3.63) is 33.9 Å². The molecule has 1 aromatic rings. The minimum absolute atomic E-state index is 0.381. The van der Waals surface area contributed by atoms with E-state index >= 15 is 0 Å². The Morgan fingerprint density at radius 3 is 2.20 bits per heavy atom. The molecule has 0 spiro atoms. The van der Waals surface area contributed by atoms with E-state index in [-0.39, 0.29) is 5.41 Å². The molecule has 138 valence electrons. The molecule has 1 N–H and O–H groups in total. The number of carboxylic acid groups (broad SMARTS) is 1. The zero-order valence-corrected chi connectivity index (χ0v) is 16.5. The largest absolute Gasteiger partial charge is 0.481 e. The van der Waals surface area contributed by atoms with Gasteiger partial charge in [0.1, 0.15) is 0 Å². The standard InChI is InChI=1S/C23H34O2/c1-16-15-19(7-5-9-22(4)11-12-22)20(18(3)17(16)2)8-6-10-23(13-14-23)21(24)25/h15H,5-14H2,1-4H3,(H,24,25). The number of carbonyl (C=O) groups is 1. The van der Waals surface area contributed by atoms with Gasteiger partial charge in [-0.15, -0.1) is 0 Å². The number of carboxylic acids is 1. The highest BCUT2D eigenvalue weighted by Gasteiger charge is 2.49. The van der Waals surface area contributed by atoms with Gasteiger partial charge in [0.25, 0.3) is 0 Å². The zero-order chi connectivity index (χ0) is 18.2. The van der Waals surface area contributed by atoms with Gasteiger partial charge >= 0.3 is 5.97 Å². The molecule has 25 heavy (non-hydrogen) atoms. The van der Waals surface area contributed by atoms with Gasteiger partial charge in [0, 0.05) is 0 Å². The van der Waals surface area contributed by atoms with Crippen molar-refractivity contribution in [3.8, 4) is 0 Å². The third-order valence-electron chi connectivity index (χ3n) is 7.10. The van der Waals surface area contributed by atoms with Gasteiger partial charge in [0.05, 0.1) is 5.41 Å². The zero-order valence-electron chi connectivity index (χ0n) is 16.5. The van der Waals surface area contributed by atoms with E-state index in [0.717, 1.165) is 32.1 Å². The Balaban J connectivity index is 1.67. The molecule has 0 atom stereocenters. The van der Waals surface area contributed by atoms with E-state index in [4.69, 9.17) is 0 Å². The van der Waals surface area contributed by atoms with E-state index in [9.17, 15) is 9.90 Å². The van der Waals surface area contributed by atoms with Crippen LogP contribution in [0, 0.1) is 31.6 Å². The molecular weight excluding hydrogens is 308 g/mol. The number of rotatable bonds is 9. The Kier molecular flexibility index (Phi) is 5.01. The summed E-state index contributed by atoms with van der Waals surface area (Å²) in [5.74, 6) is -0.581. The lowest BCUT2D eigenvalue weighted by atomic mass is 9.86. The lowest BCUT2D eigenvalue weighted by Gasteiger charge is -2.19. The lowest BCUT2D eigenvalue weighted by molar-refractivity contribution is -0.143. The molecule has 0 aromatic heterocycles. The molecule has 0 aliphatic heterocycles. The first-order valence-corrected chi connectivity index (χ1v) is 10.1. The van der Waals surface area contributed by atoms with Crippen LogP contribution in [0.4, 0.5) is 0 Å². The van der Waals surface area contributed by atoms with Gasteiger partial charge in [-0.05, 0) is 118 Å². The van der Waals surface area contributed by atoms with Crippen LogP contribution in [0.15, 0.2) is 6.07 Å². The first kappa shape index (κ1) is 18.5. The first-order valence-electron chi connectivity index (χ1n) is 10.1. The third-order valence-corrected chi connectivity index (χ3v) is 7.10. The van der Waals surface area contributed by atoms with Crippen molar-refractivity contribution >= 4 is 5.97 Å². The lowest BCUT2D eigenvalue weighted by Crippen LogP contribution is -2.15. The summed E-state index contributed by atoms with van der Waals surface area (Å²) in [6.07, 6.45) is 11.2. The number of aryl methyl sites for hydroxylation is 2. The average molecular weight is 343 g/mol. The SMILES string of the molecule is Cc1cc(CCCC2(C)CC2)c(CCCC2(C(=O)O)CC2)c(C)c1C. The Morgan fingerprint density at radius 2 is 1.64 bits per heavy atom. The summed E-state index contributed by atoms with van der Waals surface area (Å²) >= 11 is 0. The monoisotopic (exact) mass is 342 g/mol. The maximum Gasteiger partial charge on any atom is 0.309 e. The van der Waals surface area contributed by atoms with Gasteiger partial charge in [-0.2, -0.15) is 0 Å². The molecule has 0 heterocycles. The van der Waals surface area contributed by atoms with Gasteiger partial charge in [-0.25, -0.2) is 0 Å². The molecule has 0 bridgehead atoms. The summed E-state index contributed by atoms with van der Waals surface area (Å²) in [5, 5.41) is 9.39. The molecule has 2 saturated carbocycles. The van der Waals surface area contributed by atoms with E-state index in [1.165, 1.54) is 59.9 Å². The molecule has 0 amide bonds. The van der Waals surface area contributed by atoms with Crippen LogP contribution in [0.3, 0.4) is 0 Å². The Morgan fingerprint density at radius 1 is 1.00 bits per heavy atom. The molecule has 2 fully saturated rings. The summed E-state index contributed by atoms with van der Waals surface area (Å²) in [6.45, 7) is 9.12. The van der Waals surface area contributed by atoms with E-state index in [1.54, 1.807) is 0 Å². The van der Waals surface area contributed by atoms with Crippen LogP contribution in [0.25, 0.3) is 0 Å². The number of aliphatic carboxylic acids is 1. The Hall–Kier alpha value is -1.31. The second-order valence-corrected chi connectivity index (χ2v) is 9.18. The van der Waals surface area contributed by atoms with Gasteiger partial charge in [0.15, 0.2) is 0 Å². The van der Waals surface area contributed by atoms with Crippen LogP contribution in [-0.2, 0) is 17.6 Å². The van der Waals surface area contributed by atoms with Crippen LogP contribution in [0.1, 0.15) is 86.1 Å². The highest BCUT2D eigenvalue weighted by molar-refractivity contribution is 5.77. The fourth-order valence-electron chi connectivity index (χ4n) is 4.28. The summed E-state index contributed by atoms with van der Waals surface area (Å²) in [4.78, 5) is 11.4. The summed E-state index contributed by atoms with van der Waals surface area (Å²) in [5.41, 5.74) is 7.52. The maximum atomic E-state index is 11.4. The van der Waals surface area contributed by atoms with Crippen LogP contribution in [0.2, 0.25) is 0 Å². The smallest absolute Gasteiger partial charge is 0.309 e. The minimum atomic E-state index is -0.581. The predicted molar refractivity (Wildman–Crippen MR) is 103 cm³/mol. The topological polar surface area (TPSA) is 37.3 Å². The quantitative estimate of drug-likeness (QED) is 0.604. The Labute approximate surface area is 153 Å². The van der Waals surface area contributed by atoms with E-state index in [2.05, 4.69) is 33.8 Å². The maximum absolute atomic E-state index is 11.4. The van der Waals surface area contributed by atoms with Crippen molar-refractivity contribution in [3.63, 3.8) is 0 Å². The van der Waals surface area contributed by atoms with Crippen molar-refractivity contribution in [2.75, 3.05) is 0 Å². The second kappa shape index (κ2) is 6.78. The fraction of sp³-hybridized carbons (Fsp3) is 0.696. The van der Waals surface area contributed by atoms with E-state index < -0.39 is 5.97 Å². The highest BCUT2D eigenvalue weighted by atomic mass is 16.4. The van der Waals surface area contributed by atoms with E-state index in [1.807, 2.05) is 0 Å². The molecule has 3 rings (SSSR count). The van der Waals surface area contributed by atoms with Gasteiger partial charge in [-0.3, -0.25) is 4.79 Å². The third kappa shape index (κ3) is 4.10. The molecule has 2 nitrogen and oxygen atoms in total. The van der Waals surface area contributed by atoms with Crippen LogP contribution < -0.4 is 0 Å². The minimum Gasteiger partial charge on any atom is -0.481 e. The fourth-order valence-corrected chi connectivity index (χ4v) is 4.28. The van der Waals surface area contributed by atoms with Crippen LogP contribution in [-0.4, -0.2) is 11.1 Å². The molecule has 0 radical (unpaired) electrons. The summed E-state index contributed by atoms with van der Waals surface area (Å²) in [7, 11) is 0. The van der Waals surface area contributed by atoms with Crippen molar-refractivity contribution in [2.24, 2.45) is 10.8 Å². The van der Waals surface area contributed by atoms with Gasteiger partial charge < -0.3 is 5.11 Å². The normalized spacial score (nSPS) is 19.7. The molecule has 0 unspecified atom stereocenters. The van der Waals surface area contributed by atoms with Gasteiger partial charge in [0.2, 0.25) is 0 Å². The van der Waals surface area contributed by atoms with Crippen LogP contribution >= 0.6 is 0 Å². The first-order chi connectivity index (χ1) is 11.8. The van der Waals surface area contributed by atoms with Crippen molar-refractivity contribution in [2.45, 2.75) is 91.9 Å². The van der Waals surface area contributed by atoms with Crippen molar-refractivity contribution < 1.29 is 9.90 Å². The Bertz CT molecular complexity index is 663. The van der Waals surface area contributed by atoms with Crippen LogP contribution in [0.5, 0.6) is 0 Å². The summed E-state index contributed by atoms with van der Waals surface area (Å²) < 4.78 is 0. The van der Waals surface area contributed by atoms with Crippen molar-refractivity contribution in [1.82, 2.24) is 0 Å². The molecule has 2 heteroatoms. The molecule has 1 aromatic carbocycles. The average Bonchev–Trinajstić information content (AvgIpc) is 3.46. The number of hydrogen-bond donors (Lipinski definition) is 1. The number of benzene rings is 1. The molecule has 2 aliphatic carbocycles. The van der Waals surface area contributed by atoms with Crippen molar-refractivity contribution in [1.29, 1.82) is 0 Å². The second-order valence-electron chi connectivity index (χ2n) is 9.18. The molecular formula is C23H34O2. The highest BCUT2D eigenvalue weighted by Crippen LogP contribution is 2.50. The van der Waals surface area contributed by atoms with E-state index in [0.29, 0.717) is 5.41 Å². The molecule has 0 saturated heterocycles.